The number of morpholine rings is 1. The number of halogens is 1. The van der Waals surface area contributed by atoms with Crippen LogP contribution in [0.1, 0.15) is 33.7 Å². The first-order valence-electron chi connectivity index (χ1n) is 8.04. The Hall–Kier alpha value is -2.54. The molecule has 1 saturated heterocycles. The number of benzene rings is 1. The number of nitrogens with zero attached hydrogens (tertiary/aromatic N) is 3. The van der Waals surface area contributed by atoms with E-state index in [9.17, 15) is 9.18 Å². The van der Waals surface area contributed by atoms with Gasteiger partial charge in [-0.05, 0) is 38.1 Å². The van der Waals surface area contributed by atoms with Gasteiger partial charge >= 0.3 is 0 Å². The van der Waals surface area contributed by atoms with Crippen LogP contribution < -0.4 is 4.74 Å². The van der Waals surface area contributed by atoms with Crippen molar-refractivity contribution in [3.05, 3.63) is 52.9 Å². The first kappa shape index (κ1) is 17.3. The summed E-state index contributed by atoms with van der Waals surface area (Å²) >= 11 is 0. The van der Waals surface area contributed by atoms with E-state index < -0.39 is 5.82 Å². The molecule has 1 atom stereocenters. The molecular weight excluding hydrogens is 325 g/mol. The first-order valence-corrected chi connectivity index (χ1v) is 8.04. The van der Waals surface area contributed by atoms with Crippen LogP contribution in [-0.2, 0) is 4.74 Å². The van der Waals surface area contributed by atoms with Gasteiger partial charge in [-0.2, -0.15) is 0 Å². The smallest absolute Gasteiger partial charge is 0.257 e. The number of methoxy groups -OCH3 is 1. The van der Waals surface area contributed by atoms with Crippen LogP contribution in [0.3, 0.4) is 0 Å². The lowest BCUT2D eigenvalue weighted by Crippen LogP contribution is -2.42. The average molecular weight is 345 g/mol. The number of hydrogen-bond acceptors (Lipinski definition) is 5. The highest BCUT2D eigenvalue weighted by molar-refractivity contribution is 5.97. The van der Waals surface area contributed by atoms with Crippen molar-refractivity contribution in [2.24, 2.45) is 0 Å². The molecule has 1 aliphatic heterocycles. The molecule has 6 nitrogen and oxygen atoms in total. The summed E-state index contributed by atoms with van der Waals surface area (Å²) < 4.78 is 24.5. The third-order valence-corrected chi connectivity index (χ3v) is 4.06. The maximum atomic E-state index is 13.6. The highest BCUT2D eigenvalue weighted by Crippen LogP contribution is 2.26. The van der Waals surface area contributed by atoms with Gasteiger partial charge in [-0.25, -0.2) is 14.4 Å². The monoisotopic (exact) mass is 345 g/mol. The van der Waals surface area contributed by atoms with Crippen molar-refractivity contribution in [3.63, 3.8) is 0 Å². The number of aromatic nitrogens is 2. The highest BCUT2D eigenvalue weighted by atomic mass is 19.1. The number of carbonyl (C=O) groups is 1. The molecule has 2 heterocycles. The Bertz CT molecular complexity index is 777. The third kappa shape index (κ3) is 3.76. The zero-order valence-corrected chi connectivity index (χ0v) is 14.5. The molecule has 0 spiro atoms. The third-order valence-electron chi connectivity index (χ3n) is 4.06. The van der Waals surface area contributed by atoms with E-state index in [2.05, 4.69) is 9.97 Å². The molecule has 1 aliphatic rings. The van der Waals surface area contributed by atoms with Crippen LogP contribution in [-0.4, -0.2) is 47.6 Å². The Kier molecular flexibility index (Phi) is 4.94. The van der Waals surface area contributed by atoms with Gasteiger partial charge in [0.05, 0.1) is 31.5 Å². The Labute approximate surface area is 145 Å². The Balaban J connectivity index is 1.84. The van der Waals surface area contributed by atoms with Crippen LogP contribution in [0.25, 0.3) is 0 Å². The van der Waals surface area contributed by atoms with Gasteiger partial charge in [-0.3, -0.25) is 4.79 Å². The molecule has 25 heavy (non-hydrogen) atoms. The van der Waals surface area contributed by atoms with Crippen LogP contribution in [0.2, 0.25) is 0 Å². The van der Waals surface area contributed by atoms with Crippen molar-refractivity contribution < 1.29 is 18.7 Å². The van der Waals surface area contributed by atoms with Gasteiger partial charge in [0, 0.05) is 12.2 Å². The first-order chi connectivity index (χ1) is 12.0. The number of carbonyl (C=O) groups excluding carboxylic acids is 1. The Morgan fingerprint density at radius 1 is 1.32 bits per heavy atom. The summed E-state index contributed by atoms with van der Waals surface area (Å²) in [6.07, 6.45) is -0.336. The number of ether oxygens (including phenoxy) is 2. The fourth-order valence-corrected chi connectivity index (χ4v) is 2.94. The predicted molar refractivity (Wildman–Crippen MR) is 89.1 cm³/mol. The van der Waals surface area contributed by atoms with Crippen molar-refractivity contribution >= 4 is 5.91 Å². The van der Waals surface area contributed by atoms with E-state index in [1.807, 2.05) is 19.9 Å². The molecule has 0 bridgehead atoms. The van der Waals surface area contributed by atoms with Crippen LogP contribution in [0.4, 0.5) is 4.39 Å². The van der Waals surface area contributed by atoms with Crippen molar-refractivity contribution in [2.75, 3.05) is 26.8 Å². The number of rotatable bonds is 3. The SMILES string of the molecule is COc1ccc(F)cc1C(=O)N1CCO[C@@H](c2cc(C)nc(C)n2)C1. The summed E-state index contributed by atoms with van der Waals surface area (Å²) in [5.74, 6) is 0.250. The molecule has 1 aromatic heterocycles. The van der Waals surface area contributed by atoms with E-state index >= 15 is 0 Å². The molecule has 2 aromatic rings. The zero-order chi connectivity index (χ0) is 18.0. The van der Waals surface area contributed by atoms with E-state index in [1.165, 1.54) is 25.3 Å². The van der Waals surface area contributed by atoms with Gasteiger partial charge in [-0.15, -0.1) is 0 Å². The van der Waals surface area contributed by atoms with Gasteiger partial charge in [0.2, 0.25) is 0 Å². The molecular formula is C18H20FN3O3. The van der Waals surface area contributed by atoms with E-state index in [-0.39, 0.29) is 17.6 Å². The van der Waals surface area contributed by atoms with Crippen LogP contribution in [0, 0.1) is 19.7 Å². The zero-order valence-electron chi connectivity index (χ0n) is 14.5. The molecule has 7 heteroatoms. The molecule has 132 valence electrons. The lowest BCUT2D eigenvalue weighted by Gasteiger charge is -2.33. The van der Waals surface area contributed by atoms with E-state index in [0.29, 0.717) is 31.3 Å². The van der Waals surface area contributed by atoms with Crippen LogP contribution >= 0.6 is 0 Å². The maximum absolute atomic E-state index is 13.6. The normalized spacial score (nSPS) is 17.4. The molecule has 0 radical (unpaired) electrons. The summed E-state index contributed by atoms with van der Waals surface area (Å²) in [6.45, 7) is 4.87. The molecule has 1 amide bonds. The summed E-state index contributed by atoms with van der Waals surface area (Å²) in [5.41, 5.74) is 1.80. The minimum atomic E-state index is -0.476. The number of amides is 1. The van der Waals surface area contributed by atoms with Crippen molar-refractivity contribution in [2.45, 2.75) is 20.0 Å². The second-order valence-corrected chi connectivity index (χ2v) is 5.94. The lowest BCUT2D eigenvalue weighted by atomic mass is 10.1. The predicted octanol–water partition coefficient (Wildman–Crippen LogP) is 2.45. The molecule has 0 aliphatic carbocycles. The summed E-state index contributed by atoms with van der Waals surface area (Å²) in [7, 11) is 1.46. The minimum absolute atomic E-state index is 0.207. The Morgan fingerprint density at radius 3 is 2.84 bits per heavy atom. The van der Waals surface area contributed by atoms with Gasteiger partial charge in [0.15, 0.2) is 0 Å². The average Bonchev–Trinajstić information content (AvgIpc) is 2.60. The summed E-state index contributed by atoms with van der Waals surface area (Å²) in [6, 6.07) is 5.78. The van der Waals surface area contributed by atoms with E-state index in [1.54, 1.807) is 4.90 Å². The number of aryl methyl sites for hydroxylation is 2. The quantitative estimate of drug-likeness (QED) is 0.855. The Morgan fingerprint density at radius 2 is 2.12 bits per heavy atom. The summed E-state index contributed by atoms with van der Waals surface area (Å²) in [5, 5.41) is 0. The molecule has 0 saturated carbocycles. The molecule has 1 aromatic carbocycles. The van der Waals surface area contributed by atoms with Crippen molar-refractivity contribution in [1.82, 2.24) is 14.9 Å². The minimum Gasteiger partial charge on any atom is -0.496 e. The van der Waals surface area contributed by atoms with Crippen molar-refractivity contribution in [3.8, 4) is 5.75 Å². The standard InChI is InChI=1S/C18H20FN3O3/c1-11-8-15(21-12(2)20-11)17-10-22(6-7-25-17)18(23)14-9-13(19)4-5-16(14)24-3/h4-5,8-9,17H,6-7,10H2,1-3H3/t17-/m1/s1. The fourth-order valence-electron chi connectivity index (χ4n) is 2.94. The van der Waals surface area contributed by atoms with Crippen LogP contribution in [0.5, 0.6) is 5.75 Å². The molecule has 3 rings (SSSR count). The van der Waals surface area contributed by atoms with E-state index in [0.717, 1.165) is 11.4 Å². The second-order valence-electron chi connectivity index (χ2n) is 5.94. The van der Waals surface area contributed by atoms with Crippen molar-refractivity contribution in [1.29, 1.82) is 0 Å². The fraction of sp³-hybridized carbons (Fsp3) is 0.389. The lowest BCUT2D eigenvalue weighted by molar-refractivity contribution is -0.0249. The summed E-state index contributed by atoms with van der Waals surface area (Å²) in [4.78, 5) is 23.1. The van der Waals surface area contributed by atoms with Gasteiger partial charge in [0.25, 0.3) is 5.91 Å². The van der Waals surface area contributed by atoms with Gasteiger partial charge < -0.3 is 14.4 Å². The second kappa shape index (κ2) is 7.14. The van der Waals surface area contributed by atoms with Gasteiger partial charge in [0.1, 0.15) is 23.5 Å². The highest BCUT2D eigenvalue weighted by Gasteiger charge is 2.29. The van der Waals surface area contributed by atoms with Gasteiger partial charge in [-0.1, -0.05) is 0 Å². The molecule has 0 unspecified atom stereocenters. The number of hydrogen-bond donors (Lipinski definition) is 0. The van der Waals surface area contributed by atoms with E-state index in [4.69, 9.17) is 9.47 Å². The molecule has 1 fully saturated rings. The topological polar surface area (TPSA) is 64.5 Å². The largest absolute Gasteiger partial charge is 0.496 e. The molecule has 0 N–H and O–H groups in total. The maximum Gasteiger partial charge on any atom is 0.257 e. The van der Waals surface area contributed by atoms with Crippen LogP contribution in [0.15, 0.2) is 24.3 Å².